The van der Waals surface area contributed by atoms with Gasteiger partial charge >= 0.3 is 0 Å². The standard InChI is InChI=1S/C28H30FN5O3/c1-16-22(15-30-32-16)33-11-12-34(28(5,6)26(33)36)25(35)23-14-21-24(37-23)19(27(2,3)4)13-20(31-21)17-7-9-18(29)10-8-17/h7-10,13-15H,11-12H2,1-6H3,(H,30,32). The summed E-state index contributed by atoms with van der Waals surface area (Å²) in [5.74, 6) is -0.766. The van der Waals surface area contributed by atoms with Crippen LogP contribution in [0.5, 0.6) is 0 Å². The predicted molar refractivity (Wildman–Crippen MR) is 139 cm³/mol. The summed E-state index contributed by atoms with van der Waals surface area (Å²) in [4.78, 5) is 35.1. The summed E-state index contributed by atoms with van der Waals surface area (Å²) in [5.41, 5.74) is 3.46. The molecule has 0 saturated carbocycles. The Kier molecular flexibility index (Phi) is 5.69. The number of benzene rings is 1. The Labute approximate surface area is 214 Å². The largest absolute Gasteiger partial charge is 0.449 e. The van der Waals surface area contributed by atoms with Gasteiger partial charge in [-0.15, -0.1) is 0 Å². The van der Waals surface area contributed by atoms with Crippen molar-refractivity contribution in [3.8, 4) is 11.3 Å². The molecule has 5 rings (SSSR count). The summed E-state index contributed by atoms with van der Waals surface area (Å²) >= 11 is 0. The molecule has 1 aliphatic heterocycles. The maximum atomic E-state index is 13.7. The molecule has 4 heterocycles. The molecule has 1 fully saturated rings. The highest BCUT2D eigenvalue weighted by atomic mass is 19.1. The van der Waals surface area contributed by atoms with E-state index in [1.807, 2.05) is 13.0 Å². The van der Waals surface area contributed by atoms with Crippen molar-refractivity contribution in [2.75, 3.05) is 18.0 Å². The number of carbonyl (C=O) groups is 2. The molecule has 1 saturated heterocycles. The van der Waals surface area contributed by atoms with Crippen LogP contribution < -0.4 is 4.90 Å². The van der Waals surface area contributed by atoms with Crippen LogP contribution in [-0.4, -0.2) is 50.5 Å². The number of anilines is 1. The number of aromatic amines is 1. The molecule has 4 aromatic rings. The molecule has 0 bridgehead atoms. The molecule has 1 aliphatic rings. The molecule has 1 N–H and O–H groups in total. The van der Waals surface area contributed by atoms with Crippen LogP contribution in [0.3, 0.4) is 0 Å². The molecule has 0 aliphatic carbocycles. The second-order valence-corrected chi connectivity index (χ2v) is 11.0. The molecule has 8 nitrogen and oxygen atoms in total. The van der Waals surface area contributed by atoms with Gasteiger partial charge < -0.3 is 14.2 Å². The predicted octanol–water partition coefficient (Wildman–Crippen LogP) is 5.23. The van der Waals surface area contributed by atoms with E-state index in [4.69, 9.17) is 9.40 Å². The van der Waals surface area contributed by atoms with Crippen molar-refractivity contribution in [2.45, 2.75) is 52.5 Å². The van der Waals surface area contributed by atoms with Gasteiger partial charge in [0.1, 0.15) is 16.9 Å². The fourth-order valence-electron chi connectivity index (χ4n) is 4.81. The fourth-order valence-corrected chi connectivity index (χ4v) is 4.81. The highest BCUT2D eigenvalue weighted by Crippen LogP contribution is 2.36. The maximum Gasteiger partial charge on any atom is 0.290 e. The zero-order valence-corrected chi connectivity index (χ0v) is 21.8. The van der Waals surface area contributed by atoms with E-state index in [1.54, 1.807) is 48.0 Å². The third-order valence-corrected chi connectivity index (χ3v) is 6.97. The molecule has 3 aromatic heterocycles. The van der Waals surface area contributed by atoms with Gasteiger partial charge in [0, 0.05) is 30.3 Å². The van der Waals surface area contributed by atoms with Crippen LogP contribution in [0.15, 0.2) is 47.0 Å². The number of pyridine rings is 1. The minimum absolute atomic E-state index is 0.123. The maximum absolute atomic E-state index is 13.7. The lowest BCUT2D eigenvalue weighted by Crippen LogP contribution is -2.64. The molecule has 1 aromatic carbocycles. The summed E-state index contributed by atoms with van der Waals surface area (Å²) in [5, 5.41) is 6.89. The Bertz CT molecular complexity index is 1510. The summed E-state index contributed by atoms with van der Waals surface area (Å²) in [7, 11) is 0. The van der Waals surface area contributed by atoms with Crippen LogP contribution in [-0.2, 0) is 10.2 Å². The minimum Gasteiger partial charge on any atom is -0.449 e. The van der Waals surface area contributed by atoms with Gasteiger partial charge in [-0.3, -0.25) is 14.7 Å². The van der Waals surface area contributed by atoms with Crippen LogP contribution in [0.4, 0.5) is 10.1 Å². The first-order valence-electron chi connectivity index (χ1n) is 12.2. The topological polar surface area (TPSA) is 95.3 Å². The lowest BCUT2D eigenvalue weighted by molar-refractivity contribution is -0.129. The van der Waals surface area contributed by atoms with Crippen LogP contribution in [0, 0.1) is 12.7 Å². The van der Waals surface area contributed by atoms with Gasteiger partial charge in [0.2, 0.25) is 0 Å². The molecule has 9 heteroatoms. The van der Waals surface area contributed by atoms with E-state index >= 15 is 0 Å². The van der Waals surface area contributed by atoms with Crippen molar-refractivity contribution < 1.29 is 18.4 Å². The summed E-state index contributed by atoms with van der Waals surface area (Å²) in [6.45, 7) is 12.2. The molecule has 37 heavy (non-hydrogen) atoms. The smallest absolute Gasteiger partial charge is 0.290 e. The van der Waals surface area contributed by atoms with Gasteiger partial charge in [-0.1, -0.05) is 20.8 Å². The number of amides is 2. The van der Waals surface area contributed by atoms with Crippen molar-refractivity contribution in [2.24, 2.45) is 0 Å². The van der Waals surface area contributed by atoms with Gasteiger partial charge in [0.05, 0.1) is 23.3 Å². The number of H-pyrrole nitrogens is 1. The fraction of sp³-hybridized carbons (Fsp3) is 0.357. The van der Waals surface area contributed by atoms with E-state index in [0.29, 0.717) is 35.6 Å². The number of rotatable bonds is 3. The van der Waals surface area contributed by atoms with Crippen molar-refractivity contribution in [1.82, 2.24) is 20.1 Å². The number of furan rings is 1. The molecular weight excluding hydrogens is 473 g/mol. The SMILES string of the molecule is Cc1[nH]ncc1N1CCN(C(=O)c2cc3nc(-c4ccc(F)cc4)cc(C(C)(C)C)c3o2)C(C)(C)C1=O. The van der Waals surface area contributed by atoms with Crippen molar-refractivity contribution in [1.29, 1.82) is 0 Å². The Hall–Kier alpha value is -4.01. The van der Waals surface area contributed by atoms with Gasteiger partial charge in [0.25, 0.3) is 11.8 Å². The average molecular weight is 504 g/mol. The number of nitrogens with one attached hydrogen (secondary N) is 1. The van der Waals surface area contributed by atoms with Gasteiger partial charge in [-0.2, -0.15) is 5.10 Å². The molecular formula is C28H30FN5O3. The Balaban J connectivity index is 1.53. The number of hydrogen-bond acceptors (Lipinski definition) is 5. The van der Waals surface area contributed by atoms with Crippen molar-refractivity contribution in [3.63, 3.8) is 0 Å². The van der Waals surface area contributed by atoms with Crippen LogP contribution >= 0.6 is 0 Å². The number of halogens is 1. The van der Waals surface area contributed by atoms with Crippen molar-refractivity contribution >= 4 is 28.6 Å². The number of carbonyl (C=O) groups excluding carboxylic acids is 2. The molecule has 0 atom stereocenters. The zero-order valence-electron chi connectivity index (χ0n) is 21.8. The number of aryl methyl sites for hydroxylation is 1. The van der Waals surface area contributed by atoms with E-state index < -0.39 is 5.54 Å². The summed E-state index contributed by atoms with van der Waals surface area (Å²) in [6.07, 6.45) is 1.62. The third-order valence-electron chi connectivity index (χ3n) is 6.97. The first kappa shape index (κ1) is 24.7. The number of hydrogen-bond donors (Lipinski definition) is 1. The molecule has 0 spiro atoms. The van der Waals surface area contributed by atoms with E-state index in [-0.39, 0.29) is 28.8 Å². The molecule has 0 unspecified atom stereocenters. The lowest BCUT2D eigenvalue weighted by Gasteiger charge is -2.45. The van der Waals surface area contributed by atoms with Gasteiger partial charge in [-0.25, -0.2) is 9.37 Å². The quantitative estimate of drug-likeness (QED) is 0.413. The van der Waals surface area contributed by atoms with Crippen LogP contribution in [0.2, 0.25) is 0 Å². The molecule has 2 amide bonds. The Morgan fingerprint density at radius 3 is 2.46 bits per heavy atom. The minimum atomic E-state index is -1.10. The van der Waals surface area contributed by atoms with Gasteiger partial charge in [0.15, 0.2) is 11.3 Å². The van der Waals surface area contributed by atoms with E-state index in [9.17, 15) is 14.0 Å². The zero-order chi connectivity index (χ0) is 26.7. The second kappa shape index (κ2) is 8.54. The van der Waals surface area contributed by atoms with Gasteiger partial charge in [-0.05, 0) is 56.5 Å². The molecule has 0 radical (unpaired) electrons. The summed E-state index contributed by atoms with van der Waals surface area (Å²) < 4.78 is 19.6. The number of aromatic nitrogens is 3. The second-order valence-electron chi connectivity index (χ2n) is 11.0. The number of nitrogens with zero attached hydrogens (tertiary/aromatic N) is 4. The number of piperazine rings is 1. The third kappa shape index (κ3) is 4.18. The van der Waals surface area contributed by atoms with Crippen molar-refractivity contribution in [3.05, 3.63) is 65.4 Å². The summed E-state index contributed by atoms with van der Waals surface area (Å²) in [6, 6.07) is 9.70. The number of fused-ring (bicyclic) bond motifs is 1. The lowest BCUT2D eigenvalue weighted by atomic mass is 9.86. The highest BCUT2D eigenvalue weighted by Gasteiger charge is 2.46. The highest BCUT2D eigenvalue weighted by molar-refractivity contribution is 6.06. The Morgan fingerprint density at radius 2 is 1.84 bits per heavy atom. The average Bonchev–Trinajstić information content (AvgIpc) is 3.45. The van der Waals surface area contributed by atoms with E-state index in [0.717, 1.165) is 16.8 Å². The monoisotopic (exact) mass is 503 g/mol. The first-order valence-corrected chi connectivity index (χ1v) is 12.2. The van der Waals surface area contributed by atoms with Crippen LogP contribution in [0.1, 0.15) is 56.4 Å². The van der Waals surface area contributed by atoms with E-state index in [2.05, 4.69) is 31.0 Å². The van der Waals surface area contributed by atoms with E-state index in [1.165, 1.54) is 12.1 Å². The molecule has 192 valence electrons. The Morgan fingerprint density at radius 1 is 1.14 bits per heavy atom. The normalized spacial score (nSPS) is 16.0. The van der Waals surface area contributed by atoms with Crippen LogP contribution in [0.25, 0.3) is 22.4 Å². The first-order chi connectivity index (χ1) is 17.4.